The molecule has 0 aliphatic carbocycles. The number of benzene rings is 2. The summed E-state index contributed by atoms with van der Waals surface area (Å²) in [4.78, 5) is 16.9. The summed E-state index contributed by atoms with van der Waals surface area (Å²) in [5, 5.41) is 11.7. The highest BCUT2D eigenvalue weighted by molar-refractivity contribution is 5.94. The Morgan fingerprint density at radius 3 is 2.60 bits per heavy atom. The molecule has 25 heavy (non-hydrogen) atoms. The third-order valence-corrected chi connectivity index (χ3v) is 4.10. The molecule has 0 atom stereocenters. The van der Waals surface area contributed by atoms with Gasteiger partial charge in [-0.3, -0.25) is 4.79 Å². The van der Waals surface area contributed by atoms with Crippen LogP contribution in [0.4, 0.5) is 0 Å². The van der Waals surface area contributed by atoms with Crippen LogP contribution in [-0.4, -0.2) is 22.0 Å². The lowest BCUT2D eigenvalue weighted by Gasteiger charge is -2.13. The maximum Gasteiger partial charge on any atom is 0.251 e. The first-order valence-corrected chi connectivity index (χ1v) is 8.34. The Labute approximate surface area is 146 Å². The van der Waals surface area contributed by atoms with Crippen molar-refractivity contribution in [3.05, 3.63) is 65.5 Å². The highest BCUT2D eigenvalue weighted by Gasteiger charge is 2.13. The number of fused-ring (bicyclic) bond motifs is 1. The summed E-state index contributed by atoms with van der Waals surface area (Å²) in [5.41, 5.74) is 3.19. The van der Waals surface area contributed by atoms with Crippen molar-refractivity contribution in [1.29, 1.82) is 5.26 Å². The molecule has 1 N–H and O–H groups in total. The van der Waals surface area contributed by atoms with Crippen LogP contribution in [0.5, 0.6) is 0 Å². The van der Waals surface area contributed by atoms with Gasteiger partial charge < -0.3 is 9.88 Å². The lowest BCUT2D eigenvalue weighted by Crippen LogP contribution is -2.26. The van der Waals surface area contributed by atoms with Gasteiger partial charge in [-0.25, -0.2) is 4.98 Å². The number of hydrogen-bond acceptors (Lipinski definition) is 3. The van der Waals surface area contributed by atoms with E-state index >= 15 is 0 Å². The highest BCUT2D eigenvalue weighted by Crippen LogP contribution is 2.21. The van der Waals surface area contributed by atoms with Gasteiger partial charge in [0.05, 0.1) is 22.7 Å². The molecule has 0 bridgehead atoms. The van der Waals surface area contributed by atoms with E-state index in [1.807, 2.05) is 24.3 Å². The average Bonchev–Trinajstić information content (AvgIpc) is 3.00. The van der Waals surface area contributed by atoms with E-state index < -0.39 is 0 Å². The number of aromatic nitrogens is 2. The van der Waals surface area contributed by atoms with E-state index in [1.54, 1.807) is 24.3 Å². The second-order valence-corrected chi connectivity index (χ2v) is 6.18. The number of nitrogens with one attached hydrogen (secondary N) is 1. The lowest BCUT2D eigenvalue weighted by atomic mass is 10.1. The molecule has 5 heteroatoms. The minimum absolute atomic E-state index is 0.142. The number of carbonyl (C=O) groups excluding carboxylic acids is 1. The van der Waals surface area contributed by atoms with Crippen LogP contribution < -0.4 is 5.32 Å². The Morgan fingerprint density at radius 2 is 1.92 bits per heavy atom. The molecule has 1 amide bonds. The zero-order chi connectivity index (χ0) is 17.8. The topological polar surface area (TPSA) is 70.7 Å². The van der Waals surface area contributed by atoms with Crippen molar-refractivity contribution in [2.75, 3.05) is 6.54 Å². The van der Waals surface area contributed by atoms with E-state index in [9.17, 15) is 4.79 Å². The summed E-state index contributed by atoms with van der Waals surface area (Å²) in [7, 11) is 0. The molecule has 0 aliphatic heterocycles. The number of nitriles is 1. The van der Waals surface area contributed by atoms with Crippen LogP contribution in [0.25, 0.3) is 11.0 Å². The molecule has 0 spiro atoms. The number of hydrogen-bond donors (Lipinski definition) is 1. The molecule has 3 rings (SSSR count). The maximum atomic E-state index is 12.2. The van der Waals surface area contributed by atoms with Gasteiger partial charge in [-0.1, -0.05) is 12.1 Å². The summed E-state index contributed by atoms with van der Waals surface area (Å²) < 4.78 is 2.21. The molecule has 1 aromatic heterocycles. The number of rotatable bonds is 5. The van der Waals surface area contributed by atoms with Crippen LogP contribution >= 0.6 is 0 Å². The fraction of sp³-hybridized carbons (Fsp3) is 0.250. The van der Waals surface area contributed by atoms with Gasteiger partial charge in [0.15, 0.2) is 0 Å². The van der Waals surface area contributed by atoms with Crippen molar-refractivity contribution in [2.24, 2.45) is 0 Å². The molecule has 0 saturated heterocycles. The smallest absolute Gasteiger partial charge is 0.251 e. The third-order valence-electron chi connectivity index (χ3n) is 4.10. The molecule has 0 saturated carbocycles. The minimum Gasteiger partial charge on any atom is -0.352 e. The zero-order valence-corrected chi connectivity index (χ0v) is 14.4. The number of carbonyl (C=O) groups is 1. The monoisotopic (exact) mass is 332 g/mol. The number of amides is 1. The number of imidazole rings is 1. The van der Waals surface area contributed by atoms with Crippen molar-refractivity contribution >= 4 is 16.9 Å². The summed E-state index contributed by atoms with van der Waals surface area (Å²) in [6, 6.07) is 17.0. The van der Waals surface area contributed by atoms with E-state index in [0.717, 1.165) is 16.9 Å². The zero-order valence-electron chi connectivity index (χ0n) is 14.4. The summed E-state index contributed by atoms with van der Waals surface area (Å²) in [6.45, 7) is 4.77. The Balaban J connectivity index is 1.69. The molecule has 3 aromatic rings. The second-order valence-electron chi connectivity index (χ2n) is 6.18. The van der Waals surface area contributed by atoms with Crippen molar-refractivity contribution in [1.82, 2.24) is 14.9 Å². The van der Waals surface area contributed by atoms with E-state index in [-0.39, 0.29) is 5.91 Å². The summed E-state index contributed by atoms with van der Waals surface area (Å²) in [5.74, 6) is 0.827. The quantitative estimate of drug-likeness (QED) is 0.778. The fourth-order valence-electron chi connectivity index (χ4n) is 2.93. The maximum absolute atomic E-state index is 12.2. The summed E-state index contributed by atoms with van der Waals surface area (Å²) >= 11 is 0. The van der Waals surface area contributed by atoms with E-state index in [4.69, 9.17) is 10.2 Å². The summed E-state index contributed by atoms with van der Waals surface area (Å²) in [6.07, 6.45) is 0.662. The van der Waals surface area contributed by atoms with Gasteiger partial charge in [-0.2, -0.15) is 5.26 Å². The molecule has 5 nitrogen and oxygen atoms in total. The fourth-order valence-corrected chi connectivity index (χ4v) is 2.93. The van der Waals surface area contributed by atoms with Crippen molar-refractivity contribution in [3.8, 4) is 6.07 Å². The Morgan fingerprint density at radius 1 is 1.20 bits per heavy atom. The van der Waals surface area contributed by atoms with Gasteiger partial charge in [-0.05, 0) is 50.2 Å². The van der Waals surface area contributed by atoms with Gasteiger partial charge in [0.2, 0.25) is 0 Å². The largest absolute Gasteiger partial charge is 0.352 e. The van der Waals surface area contributed by atoms with Crippen molar-refractivity contribution < 1.29 is 4.79 Å². The van der Waals surface area contributed by atoms with Gasteiger partial charge in [0, 0.05) is 24.6 Å². The predicted molar refractivity (Wildman–Crippen MR) is 97.3 cm³/mol. The van der Waals surface area contributed by atoms with Gasteiger partial charge in [0.1, 0.15) is 5.82 Å². The second kappa shape index (κ2) is 7.18. The molecular weight excluding hydrogens is 312 g/mol. The van der Waals surface area contributed by atoms with Gasteiger partial charge in [-0.15, -0.1) is 0 Å². The molecule has 1 heterocycles. The van der Waals surface area contributed by atoms with Crippen LogP contribution in [0, 0.1) is 11.3 Å². The van der Waals surface area contributed by atoms with Crippen molar-refractivity contribution in [3.63, 3.8) is 0 Å². The van der Waals surface area contributed by atoms with Crippen LogP contribution in [0.3, 0.4) is 0 Å². The van der Waals surface area contributed by atoms with E-state index in [0.29, 0.717) is 30.1 Å². The molecule has 0 fully saturated rings. The van der Waals surface area contributed by atoms with Crippen LogP contribution in [0.2, 0.25) is 0 Å². The van der Waals surface area contributed by atoms with Crippen LogP contribution in [-0.2, 0) is 6.42 Å². The Hall–Kier alpha value is -3.13. The minimum atomic E-state index is -0.142. The molecule has 0 unspecified atom stereocenters. The van der Waals surface area contributed by atoms with Crippen LogP contribution in [0.15, 0.2) is 48.5 Å². The Kier molecular flexibility index (Phi) is 4.80. The first-order valence-electron chi connectivity index (χ1n) is 8.34. The van der Waals surface area contributed by atoms with E-state index in [2.05, 4.69) is 29.8 Å². The third kappa shape index (κ3) is 3.53. The molecule has 0 radical (unpaired) electrons. The SMILES string of the molecule is CC(C)n1c(CCNC(=O)c2ccc(C#N)cc2)nc2ccccc21. The van der Waals surface area contributed by atoms with E-state index in [1.165, 1.54) is 0 Å². The average molecular weight is 332 g/mol. The number of para-hydroxylation sites is 2. The number of nitrogens with zero attached hydrogens (tertiary/aromatic N) is 3. The van der Waals surface area contributed by atoms with Gasteiger partial charge >= 0.3 is 0 Å². The molecule has 2 aromatic carbocycles. The van der Waals surface area contributed by atoms with Gasteiger partial charge in [0.25, 0.3) is 5.91 Å². The molecule has 0 aliphatic rings. The molecule has 126 valence electrons. The standard InChI is InChI=1S/C20H20N4O/c1-14(2)24-18-6-4-3-5-17(18)23-19(24)11-12-22-20(25)16-9-7-15(13-21)8-10-16/h3-10,14H,11-12H2,1-2H3,(H,22,25). The Bertz CT molecular complexity index is 932. The first kappa shape index (κ1) is 16.7. The highest BCUT2D eigenvalue weighted by atomic mass is 16.1. The first-order chi connectivity index (χ1) is 12.1. The normalized spacial score (nSPS) is 10.8. The van der Waals surface area contributed by atoms with Crippen LogP contribution in [0.1, 0.15) is 41.6 Å². The predicted octanol–water partition coefficient (Wildman–Crippen LogP) is 3.46. The van der Waals surface area contributed by atoms with Crippen molar-refractivity contribution in [2.45, 2.75) is 26.3 Å². The molecular formula is C20H20N4O. The lowest BCUT2D eigenvalue weighted by molar-refractivity contribution is 0.0954.